The van der Waals surface area contributed by atoms with Crippen LogP contribution in [0.2, 0.25) is 0 Å². The molecule has 1 aromatic rings. The third-order valence-corrected chi connectivity index (χ3v) is 2.55. The van der Waals surface area contributed by atoms with E-state index in [-0.39, 0.29) is 12.0 Å². The topological polar surface area (TPSA) is 29.5 Å². The van der Waals surface area contributed by atoms with Crippen LogP contribution in [0.5, 0.6) is 0 Å². The molecule has 1 saturated heterocycles. The second-order valence-electron chi connectivity index (χ2n) is 3.64. The molecule has 0 aliphatic carbocycles. The van der Waals surface area contributed by atoms with Crippen molar-refractivity contribution in [3.05, 3.63) is 35.9 Å². The van der Waals surface area contributed by atoms with E-state index < -0.39 is 6.29 Å². The Balaban J connectivity index is 2.12. The molecule has 2 rings (SSSR count). The molecule has 0 amide bonds. The molecule has 0 spiro atoms. The highest BCUT2D eigenvalue weighted by atomic mass is 16.6. The van der Waals surface area contributed by atoms with Gasteiger partial charge in [-0.3, -0.25) is 0 Å². The van der Waals surface area contributed by atoms with Gasteiger partial charge in [0.2, 0.25) is 0 Å². The van der Waals surface area contributed by atoms with Gasteiger partial charge in [-0.1, -0.05) is 37.3 Å². The normalized spacial score (nSPS) is 33.5. The van der Waals surface area contributed by atoms with E-state index in [1.165, 1.54) is 0 Å². The van der Waals surface area contributed by atoms with Crippen LogP contribution in [0.25, 0.3) is 0 Å². The zero-order chi connectivity index (χ0) is 9.26. The van der Waals surface area contributed by atoms with Gasteiger partial charge in [0, 0.05) is 5.92 Å². The zero-order valence-electron chi connectivity index (χ0n) is 7.68. The molecular weight excluding hydrogens is 164 g/mol. The van der Waals surface area contributed by atoms with E-state index in [0.29, 0.717) is 0 Å². The van der Waals surface area contributed by atoms with Crippen LogP contribution in [0.4, 0.5) is 0 Å². The molecule has 2 nitrogen and oxygen atoms in total. The Kier molecular flexibility index (Phi) is 2.34. The summed E-state index contributed by atoms with van der Waals surface area (Å²) in [5.41, 5.74) is 1.16. The van der Waals surface area contributed by atoms with Crippen LogP contribution in [0, 0.1) is 5.92 Å². The van der Waals surface area contributed by atoms with Gasteiger partial charge in [-0.2, -0.15) is 0 Å². The van der Waals surface area contributed by atoms with Gasteiger partial charge in [0.1, 0.15) is 0 Å². The minimum Gasteiger partial charge on any atom is -0.368 e. The number of rotatable bonds is 1. The summed E-state index contributed by atoms with van der Waals surface area (Å²) in [5.74, 6) is 0.241. The first-order valence-corrected chi connectivity index (χ1v) is 4.66. The van der Waals surface area contributed by atoms with Crippen molar-refractivity contribution >= 4 is 0 Å². The first-order valence-electron chi connectivity index (χ1n) is 4.66. The van der Waals surface area contributed by atoms with Crippen molar-refractivity contribution in [2.75, 3.05) is 0 Å². The van der Waals surface area contributed by atoms with Crippen molar-refractivity contribution in [3.63, 3.8) is 0 Å². The average Bonchev–Trinajstić information content (AvgIpc) is 2.49. The fourth-order valence-electron chi connectivity index (χ4n) is 1.69. The second-order valence-corrected chi connectivity index (χ2v) is 3.64. The van der Waals surface area contributed by atoms with Crippen molar-refractivity contribution in [1.82, 2.24) is 0 Å². The highest BCUT2D eigenvalue weighted by molar-refractivity contribution is 5.18. The molecule has 70 valence electrons. The predicted molar refractivity (Wildman–Crippen MR) is 50.1 cm³/mol. The fourth-order valence-corrected chi connectivity index (χ4v) is 1.69. The predicted octanol–water partition coefficient (Wildman–Crippen LogP) is 2.10. The first kappa shape index (κ1) is 8.73. The summed E-state index contributed by atoms with van der Waals surface area (Å²) in [7, 11) is 0. The Morgan fingerprint density at radius 3 is 2.54 bits per heavy atom. The van der Waals surface area contributed by atoms with Crippen molar-refractivity contribution in [2.24, 2.45) is 5.92 Å². The molecule has 1 fully saturated rings. The first-order chi connectivity index (χ1) is 6.27. The molecule has 3 atom stereocenters. The van der Waals surface area contributed by atoms with Crippen LogP contribution in [0.1, 0.15) is 25.0 Å². The standard InChI is InChI=1S/C11H14O2/c1-8-7-10(13-11(8)12)9-5-3-2-4-6-9/h2-6,8,10-12H,7H2,1H3/t8-,10+,11?/m0/s1. The van der Waals surface area contributed by atoms with E-state index in [4.69, 9.17) is 4.74 Å². The molecule has 1 aliphatic rings. The number of ether oxygens (including phenoxy) is 1. The average molecular weight is 178 g/mol. The lowest BCUT2D eigenvalue weighted by molar-refractivity contribution is -0.106. The Morgan fingerprint density at radius 2 is 2.00 bits per heavy atom. The summed E-state index contributed by atoms with van der Waals surface area (Å²) < 4.78 is 5.42. The number of benzene rings is 1. The fraction of sp³-hybridized carbons (Fsp3) is 0.455. The van der Waals surface area contributed by atoms with E-state index in [0.717, 1.165) is 12.0 Å². The zero-order valence-corrected chi connectivity index (χ0v) is 7.68. The molecule has 0 saturated carbocycles. The van der Waals surface area contributed by atoms with Gasteiger partial charge >= 0.3 is 0 Å². The van der Waals surface area contributed by atoms with Gasteiger partial charge in [-0.05, 0) is 12.0 Å². The lowest BCUT2D eigenvalue weighted by Gasteiger charge is -2.09. The summed E-state index contributed by atoms with van der Waals surface area (Å²) >= 11 is 0. The van der Waals surface area contributed by atoms with E-state index in [2.05, 4.69) is 0 Å². The maximum absolute atomic E-state index is 9.41. The molecule has 0 bridgehead atoms. The SMILES string of the molecule is C[C@H]1C[C@H](c2ccccc2)OC1O. The Labute approximate surface area is 78.2 Å². The van der Waals surface area contributed by atoms with Crippen molar-refractivity contribution in [1.29, 1.82) is 0 Å². The third kappa shape index (κ3) is 1.74. The lowest BCUT2D eigenvalue weighted by Crippen LogP contribution is -2.10. The van der Waals surface area contributed by atoms with E-state index in [1.54, 1.807) is 0 Å². The quantitative estimate of drug-likeness (QED) is 0.713. The highest BCUT2D eigenvalue weighted by Gasteiger charge is 2.31. The summed E-state index contributed by atoms with van der Waals surface area (Å²) in [5, 5.41) is 9.41. The largest absolute Gasteiger partial charge is 0.368 e. The molecule has 1 N–H and O–H groups in total. The second kappa shape index (κ2) is 3.48. The molecule has 1 unspecified atom stereocenters. The number of hydrogen-bond acceptors (Lipinski definition) is 2. The molecule has 1 aliphatic heterocycles. The van der Waals surface area contributed by atoms with E-state index in [9.17, 15) is 5.11 Å². The Morgan fingerprint density at radius 1 is 1.31 bits per heavy atom. The summed E-state index contributed by atoms with van der Waals surface area (Å²) in [6.45, 7) is 2.01. The van der Waals surface area contributed by atoms with Crippen molar-refractivity contribution in [2.45, 2.75) is 25.7 Å². The minimum absolute atomic E-state index is 0.0752. The molecule has 0 aromatic heterocycles. The van der Waals surface area contributed by atoms with Crippen molar-refractivity contribution < 1.29 is 9.84 Å². The summed E-state index contributed by atoms with van der Waals surface area (Å²) in [6.07, 6.45) is 0.391. The smallest absolute Gasteiger partial charge is 0.158 e. The van der Waals surface area contributed by atoms with Crippen LogP contribution >= 0.6 is 0 Å². The Hall–Kier alpha value is -0.860. The molecular formula is C11H14O2. The van der Waals surface area contributed by atoms with Gasteiger partial charge in [0.15, 0.2) is 6.29 Å². The van der Waals surface area contributed by atoms with Crippen LogP contribution in [0.3, 0.4) is 0 Å². The van der Waals surface area contributed by atoms with E-state index >= 15 is 0 Å². The van der Waals surface area contributed by atoms with Gasteiger partial charge in [-0.15, -0.1) is 0 Å². The Bertz CT molecular complexity index is 261. The molecule has 0 radical (unpaired) electrons. The van der Waals surface area contributed by atoms with Gasteiger partial charge in [0.25, 0.3) is 0 Å². The monoisotopic (exact) mass is 178 g/mol. The highest BCUT2D eigenvalue weighted by Crippen LogP contribution is 2.35. The molecule has 2 heteroatoms. The van der Waals surface area contributed by atoms with Gasteiger partial charge in [-0.25, -0.2) is 0 Å². The van der Waals surface area contributed by atoms with Crippen LogP contribution in [-0.2, 0) is 4.74 Å². The van der Waals surface area contributed by atoms with Crippen LogP contribution in [0.15, 0.2) is 30.3 Å². The molecule has 1 heterocycles. The van der Waals surface area contributed by atoms with Crippen molar-refractivity contribution in [3.8, 4) is 0 Å². The maximum Gasteiger partial charge on any atom is 0.158 e. The molecule has 1 aromatic carbocycles. The van der Waals surface area contributed by atoms with Gasteiger partial charge in [0.05, 0.1) is 6.10 Å². The third-order valence-electron chi connectivity index (χ3n) is 2.55. The number of aliphatic hydroxyl groups is 1. The van der Waals surface area contributed by atoms with Gasteiger partial charge < -0.3 is 9.84 Å². The minimum atomic E-state index is -0.592. The lowest BCUT2D eigenvalue weighted by atomic mass is 10.0. The molecule has 13 heavy (non-hydrogen) atoms. The maximum atomic E-state index is 9.41. The van der Waals surface area contributed by atoms with E-state index in [1.807, 2.05) is 37.3 Å². The number of hydrogen-bond donors (Lipinski definition) is 1. The van der Waals surface area contributed by atoms with Crippen LogP contribution < -0.4 is 0 Å². The summed E-state index contributed by atoms with van der Waals surface area (Å²) in [6, 6.07) is 10.0. The number of aliphatic hydroxyl groups excluding tert-OH is 1. The van der Waals surface area contributed by atoms with Crippen LogP contribution in [-0.4, -0.2) is 11.4 Å². The summed E-state index contributed by atoms with van der Waals surface area (Å²) in [4.78, 5) is 0.